The van der Waals surface area contributed by atoms with E-state index in [0.29, 0.717) is 17.8 Å². The number of fused-ring (bicyclic) bond motifs is 5. The van der Waals surface area contributed by atoms with Crippen molar-refractivity contribution in [3.8, 4) is 0 Å². The third kappa shape index (κ3) is 3.44. The normalized spacial score (nSPS) is 39.6. The lowest BCUT2D eigenvalue weighted by molar-refractivity contribution is -0.148. The van der Waals surface area contributed by atoms with E-state index in [4.69, 9.17) is 9.47 Å². The van der Waals surface area contributed by atoms with E-state index in [1.165, 1.54) is 19.4 Å². The van der Waals surface area contributed by atoms with E-state index in [-0.39, 0.29) is 35.3 Å². The minimum Gasteiger partial charge on any atom is -0.462 e. The van der Waals surface area contributed by atoms with Crippen LogP contribution >= 0.6 is 0 Å². The second kappa shape index (κ2) is 7.65. The van der Waals surface area contributed by atoms with Crippen LogP contribution in [-0.4, -0.2) is 30.4 Å². The van der Waals surface area contributed by atoms with Crippen molar-refractivity contribution in [1.29, 1.82) is 0 Å². The minimum absolute atomic E-state index is 0.0193. The molecule has 2 saturated carbocycles. The molecular weight excluding hydrogens is 380 g/mol. The number of Topliss-reactive ketones (excluding diaryl/α,β-unsaturated/α-hetero) is 1. The zero-order valence-electron chi connectivity index (χ0n) is 18.7. The first-order valence-corrected chi connectivity index (χ1v) is 11.4. The van der Waals surface area contributed by atoms with Crippen molar-refractivity contribution in [3.63, 3.8) is 0 Å². The van der Waals surface area contributed by atoms with Crippen LogP contribution in [0.2, 0.25) is 0 Å². The molecule has 30 heavy (non-hydrogen) atoms. The summed E-state index contributed by atoms with van der Waals surface area (Å²) in [5.74, 6) is 1.02. The van der Waals surface area contributed by atoms with Crippen LogP contribution in [0.4, 0.5) is 0 Å². The van der Waals surface area contributed by atoms with Crippen LogP contribution in [0.3, 0.4) is 0 Å². The highest BCUT2D eigenvalue weighted by Crippen LogP contribution is 2.65. The Hall–Kier alpha value is -1.91. The standard InChI is InChI=1S/C25H34O5/c1-15(26)29-14-23(28)22-8-7-20-19-6-5-17-13-18(30-16(2)27)9-11-24(17,3)21(19)10-12-25(20,22)4/h5,8,18-21H,6-7,9-14H2,1-4H3/t18-,19+,20+,21+,24+,25+/m1/s1. The van der Waals surface area contributed by atoms with Crippen LogP contribution in [0.15, 0.2) is 23.3 Å². The number of carbonyl (C=O) groups excluding carboxylic acids is 3. The van der Waals surface area contributed by atoms with Gasteiger partial charge in [-0.15, -0.1) is 0 Å². The smallest absolute Gasteiger partial charge is 0.303 e. The van der Waals surface area contributed by atoms with Crippen LogP contribution in [-0.2, 0) is 23.9 Å². The van der Waals surface area contributed by atoms with Gasteiger partial charge in [-0.05, 0) is 67.1 Å². The highest BCUT2D eigenvalue weighted by atomic mass is 16.5. The summed E-state index contributed by atoms with van der Waals surface area (Å²) in [6.07, 6.45) is 11.5. The molecule has 2 fully saturated rings. The summed E-state index contributed by atoms with van der Waals surface area (Å²) in [4.78, 5) is 35.3. The fourth-order valence-corrected chi connectivity index (χ4v) is 7.21. The summed E-state index contributed by atoms with van der Waals surface area (Å²) in [6.45, 7) is 7.36. The molecule has 0 aromatic rings. The zero-order chi connectivity index (χ0) is 21.7. The molecular formula is C25H34O5. The maximum absolute atomic E-state index is 12.8. The Balaban J connectivity index is 1.52. The quantitative estimate of drug-likeness (QED) is 0.499. The summed E-state index contributed by atoms with van der Waals surface area (Å²) in [5.41, 5.74) is 2.41. The van der Waals surface area contributed by atoms with Gasteiger partial charge in [-0.3, -0.25) is 14.4 Å². The molecule has 0 amide bonds. The molecule has 164 valence electrons. The van der Waals surface area contributed by atoms with Gasteiger partial charge in [-0.1, -0.05) is 31.6 Å². The second-order valence-electron chi connectivity index (χ2n) is 10.2. The highest BCUT2D eigenvalue weighted by molar-refractivity contribution is 5.99. The molecule has 4 aliphatic rings. The lowest BCUT2D eigenvalue weighted by Gasteiger charge is -2.57. The lowest BCUT2D eigenvalue weighted by atomic mass is 9.47. The van der Waals surface area contributed by atoms with Crippen LogP contribution in [0.5, 0.6) is 0 Å². The summed E-state index contributed by atoms with van der Waals surface area (Å²) in [7, 11) is 0. The van der Waals surface area contributed by atoms with E-state index >= 15 is 0 Å². The van der Waals surface area contributed by atoms with Crippen molar-refractivity contribution in [1.82, 2.24) is 0 Å². The fourth-order valence-electron chi connectivity index (χ4n) is 7.21. The maximum atomic E-state index is 12.8. The number of carbonyl (C=O) groups is 3. The number of rotatable bonds is 4. The van der Waals surface area contributed by atoms with Crippen LogP contribution < -0.4 is 0 Å². The first kappa shape index (κ1) is 21.3. The van der Waals surface area contributed by atoms with E-state index in [9.17, 15) is 14.4 Å². The zero-order valence-corrected chi connectivity index (χ0v) is 18.7. The molecule has 0 bridgehead atoms. The molecule has 4 rings (SSSR count). The second-order valence-corrected chi connectivity index (χ2v) is 10.2. The molecule has 0 saturated heterocycles. The average molecular weight is 415 g/mol. The molecule has 5 nitrogen and oxygen atoms in total. The third-order valence-electron chi connectivity index (χ3n) is 8.68. The first-order chi connectivity index (χ1) is 14.1. The van der Waals surface area contributed by atoms with Crippen molar-refractivity contribution < 1.29 is 23.9 Å². The Morgan fingerprint density at radius 2 is 1.70 bits per heavy atom. The lowest BCUT2D eigenvalue weighted by Crippen LogP contribution is -2.50. The van der Waals surface area contributed by atoms with Crippen molar-refractivity contribution in [2.24, 2.45) is 28.6 Å². The van der Waals surface area contributed by atoms with Gasteiger partial charge in [0.15, 0.2) is 12.4 Å². The molecule has 0 aliphatic heterocycles. The Labute approximate surface area is 179 Å². The maximum Gasteiger partial charge on any atom is 0.303 e. The van der Waals surface area contributed by atoms with Gasteiger partial charge in [0.2, 0.25) is 0 Å². The highest BCUT2D eigenvalue weighted by Gasteiger charge is 2.57. The number of ketones is 1. The Kier molecular flexibility index (Phi) is 5.44. The monoisotopic (exact) mass is 414 g/mol. The van der Waals surface area contributed by atoms with Crippen molar-refractivity contribution in [2.45, 2.75) is 78.7 Å². The van der Waals surface area contributed by atoms with Gasteiger partial charge < -0.3 is 9.47 Å². The van der Waals surface area contributed by atoms with E-state index < -0.39 is 5.97 Å². The van der Waals surface area contributed by atoms with E-state index in [1.807, 2.05) is 0 Å². The SMILES string of the molecule is CC(=O)OCC(=O)C1=CC[C@H]2[C@@H]3CC=C4C[C@H](OC(C)=O)CC[C@]4(C)[C@H]3CC[C@]12C. The van der Waals surface area contributed by atoms with E-state index in [1.54, 1.807) is 0 Å². The molecule has 4 aliphatic carbocycles. The van der Waals surface area contributed by atoms with Gasteiger partial charge in [0.1, 0.15) is 6.10 Å². The number of esters is 2. The molecule has 0 N–H and O–H groups in total. The van der Waals surface area contributed by atoms with E-state index in [0.717, 1.165) is 50.5 Å². The van der Waals surface area contributed by atoms with Crippen LogP contribution in [0, 0.1) is 28.6 Å². The van der Waals surface area contributed by atoms with Crippen molar-refractivity contribution in [3.05, 3.63) is 23.3 Å². The number of ether oxygens (including phenoxy) is 2. The van der Waals surface area contributed by atoms with Crippen LogP contribution in [0.25, 0.3) is 0 Å². The number of hydrogen-bond donors (Lipinski definition) is 0. The molecule has 0 heterocycles. The summed E-state index contributed by atoms with van der Waals surface area (Å²) in [6, 6.07) is 0. The van der Waals surface area contributed by atoms with Gasteiger partial charge in [0.05, 0.1) is 0 Å². The summed E-state index contributed by atoms with van der Waals surface area (Å²) in [5, 5.41) is 0. The van der Waals surface area contributed by atoms with Crippen molar-refractivity contribution in [2.75, 3.05) is 6.61 Å². The Bertz CT molecular complexity index is 823. The molecule has 5 heteroatoms. The Morgan fingerprint density at radius 3 is 2.40 bits per heavy atom. The molecule has 0 aromatic heterocycles. The minimum atomic E-state index is -0.408. The molecule has 0 spiro atoms. The van der Waals surface area contributed by atoms with Crippen LogP contribution in [0.1, 0.15) is 72.6 Å². The molecule has 0 aromatic carbocycles. The fraction of sp³-hybridized carbons (Fsp3) is 0.720. The average Bonchev–Trinajstić information content (AvgIpc) is 3.03. The van der Waals surface area contributed by atoms with Gasteiger partial charge in [0.25, 0.3) is 0 Å². The van der Waals surface area contributed by atoms with Gasteiger partial charge in [-0.25, -0.2) is 0 Å². The largest absolute Gasteiger partial charge is 0.462 e. The molecule has 0 unspecified atom stereocenters. The van der Waals surface area contributed by atoms with Gasteiger partial charge >= 0.3 is 11.9 Å². The van der Waals surface area contributed by atoms with E-state index in [2.05, 4.69) is 26.0 Å². The summed E-state index contributed by atoms with van der Waals surface area (Å²) < 4.78 is 10.5. The first-order valence-electron chi connectivity index (χ1n) is 11.4. The summed E-state index contributed by atoms with van der Waals surface area (Å²) >= 11 is 0. The van der Waals surface area contributed by atoms with Crippen molar-refractivity contribution >= 4 is 17.7 Å². The number of allylic oxidation sites excluding steroid dienone is 2. The predicted molar refractivity (Wildman–Crippen MR) is 112 cm³/mol. The molecule has 6 atom stereocenters. The Morgan fingerprint density at radius 1 is 0.967 bits per heavy atom. The van der Waals surface area contributed by atoms with Gasteiger partial charge in [0, 0.05) is 25.8 Å². The number of hydrogen-bond acceptors (Lipinski definition) is 5. The topological polar surface area (TPSA) is 69.7 Å². The third-order valence-corrected chi connectivity index (χ3v) is 8.68. The molecule has 0 radical (unpaired) electrons. The van der Waals surface area contributed by atoms with Gasteiger partial charge in [-0.2, -0.15) is 0 Å². The predicted octanol–water partition coefficient (Wildman–Crippen LogP) is 4.55.